The molecule has 10 aromatic rings. The number of para-hydroxylation sites is 3. The number of fused-ring (bicyclic) bond motifs is 7. The number of nitrogens with zero attached hydrogens (tertiary/aromatic N) is 4. The van der Waals surface area contributed by atoms with E-state index in [0.717, 1.165) is 49.9 Å². The average Bonchev–Trinajstić information content (AvgIpc) is 3.86. The minimum atomic E-state index is -1.31. The molecule has 8 heteroatoms. The first kappa shape index (κ1) is 35.2. The van der Waals surface area contributed by atoms with Crippen LogP contribution in [0.3, 0.4) is 0 Å². The smallest absolute Gasteiger partial charge is 0.113 e. The Kier molecular flexibility index (Phi) is 9.43. The van der Waals surface area contributed by atoms with Gasteiger partial charge in [-0.05, 0) is 74.4 Å². The first-order chi connectivity index (χ1) is 25.3. The number of hydrogen-bond acceptors (Lipinski definition) is 5. The van der Waals surface area contributed by atoms with E-state index in [2.05, 4.69) is 146 Å². The number of hydrogen-bond donors (Lipinski definition) is 0. The fraction of sp³-hybridized carbons (Fsp3) is 0.0889. The quantitative estimate of drug-likeness (QED) is 0.130. The van der Waals surface area contributed by atoms with Gasteiger partial charge in [0.2, 0.25) is 0 Å². The number of imidazole rings is 1. The summed E-state index contributed by atoms with van der Waals surface area (Å²) >= 11 is 3.55. The molecule has 261 valence electrons. The van der Waals surface area contributed by atoms with Crippen molar-refractivity contribution in [2.24, 2.45) is 0 Å². The van der Waals surface area contributed by atoms with E-state index >= 15 is 0 Å². The Morgan fingerprint density at radius 3 is 2.09 bits per heavy atom. The molecule has 0 unspecified atom stereocenters. The third kappa shape index (κ3) is 6.45. The third-order valence-corrected chi connectivity index (χ3v) is 13.8. The molecule has 1 radical (unpaired) electrons. The molecule has 53 heavy (non-hydrogen) atoms. The molecule has 0 spiro atoms. The van der Waals surface area contributed by atoms with Crippen LogP contribution in [0.5, 0.6) is 0 Å². The van der Waals surface area contributed by atoms with Gasteiger partial charge in [-0.1, -0.05) is 103 Å². The second-order valence-corrected chi connectivity index (χ2v) is 21.1. The van der Waals surface area contributed by atoms with Crippen LogP contribution in [0.1, 0.15) is 5.69 Å². The number of pyridine rings is 2. The molecular weight excluding hydrogens is 881 g/mol. The summed E-state index contributed by atoms with van der Waals surface area (Å²) in [7, 11) is -1.31. The summed E-state index contributed by atoms with van der Waals surface area (Å²) in [6.45, 7) is 9.08. The van der Waals surface area contributed by atoms with E-state index in [1.165, 1.54) is 40.8 Å². The second kappa shape index (κ2) is 14.2. The van der Waals surface area contributed by atoms with Crippen molar-refractivity contribution in [1.29, 1.82) is 0 Å². The van der Waals surface area contributed by atoms with Gasteiger partial charge < -0.3 is 9.55 Å². The number of aryl methyl sites for hydroxylation is 1. The fourth-order valence-corrected chi connectivity index (χ4v) is 10.2. The number of rotatable bonds is 4. The Morgan fingerprint density at radius 1 is 0.623 bits per heavy atom. The molecule has 5 aromatic carbocycles. The Morgan fingerprint density at radius 2 is 1.32 bits per heavy atom. The molecule has 0 fully saturated rings. The van der Waals surface area contributed by atoms with Crippen molar-refractivity contribution in [3.8, 4) is 28.3 Å². The van der Waals surface area contributed by atoms with Gasteiger partial charge in [-0.25, -0.2) is 4.98 Å². The van der Waals surface area contributed by atoms with Crippen molar-refractivity contribution in [3.05, 3.63) is 151 Å². The molecule has 0 saturated carbocycles. The fourth-order valence-electron chi connectivity index (χ4n) is 6.78. The molecule has 0 N–H and O–H groups in total. The van der Waals surface area contributed by atoms with Gasteiger partial charge in [0, 0.05) is 42.4 Å². The predicted molar refractivity (Wildman–Crippen MR) is 225 cm³/mol. The maximum atomic E-state index is 5.02. The molecule has 5 heterocycles. The Bertz CT molecular complexity index is 2900. The molecule has 5 aromatic heterocycles. The van der Waals surface area contributed by atoms with Crippen molar-refractivity contribution in [2.75, 3.05) is 0 Å². The zero-order valence-corrected chi connectivity index (χ0v) is 34.7. The van der Waals surface area contributed by atoms with E-state index < -0.39 is 8.07 Å². The predicted octanol–water partition coefficient (Wildman–Crippen LogP) is 12.0. The van der Waals surface area contributed by atoms with Crippen LogP contribution in [0, 0.1) is 19.1 Å². The van der Waals surface area contributed by atoms with Crippen LogP contribution < -0.4 is 5.19 Å². The summed E-state index contributed by atoms with van der Waals surface area (Å²) in [6, 6.07) is 51.1. The molecule has 0 saturated heterocycles. The van der Waals surface area contributed by atoms with Gasteiger partial charge in [0.25, 0.3) is 0 Å². The topological polar surface area (TPSA) is 43.6 Å². The van der Waals surface area contributed by atoms with Gasteiger partial charge in [-0.15, -0.1) is 42.0 Å². The van der Waals surface area contributed by atoms with Gasteiger partial charge in [-0.3, -0.25) is 4.98 Å². The van der Waals surface area contributed by atoms with E-state index in [4.69, 9.17) is 15.0 Å². The minimum absolute atomic E-state index is 0. The Hall–Kier alpha value is -4.82. The number of benzene rings is 5. The summed E-state index contributed by atoms with van der Waals surface area (Å²) in [6.07, 6.45) is 2.06. The summed E-state index contributed by atoms with van der Waals surface area (Å²) in [4.78, 5) is 15.6. The average molecular weight is 915 g/mol. The van der Waals surface area contributed by atoms with Crippen molar-refractivity contribution < 1.29 is 20.1 Å². The first-order valence-corrected chi connectivity index (χ1v) is 22.5. The van der Waals surface area contributed by atoms with Crippen molar-refractivity contribution in [1.82, 2.24) is 19.5 Å². The molecule has 0 bridgehead atoms. The van der Waals surface area contributed by atoms with Crippen LogP contribution in [-0.4, -0.2) is 27.6 Å². The SMILES string of the molecule is C[Si](C)(C)c1ccc(-c2[c-]ccc3c2sc2ccccc23)nc1.Cc1ccc2c(n1)sc1c(-c3nc4ccccc4n3-c3ccccc3)[c-]ccc12.[Ir]. The first-order valence-electron chi connectivity index (χ1n) is 17.4. The van der Waals surface area contributed by atoms with Gasteiger partial charge >= 0.3 is 0 Å². The molecule has 10 rings (SSSR count). The Balaban J connectivity index is 0.000000152. The van der Waals surface area contributed by atoms with E-state index in [-0.39, 0.29) is 20.1 Å². The van der Waals surface area contributed by atoms with E-state index in [1.54, 1.807) is 11.3 Å². The maximum absolute atomic E-state index is 5.02. The van der Waals surface area contributed by atoms with Crippen molar-refractivity contribution in [3.63, 3.8) is 0 Å². The van der Waals surface area contributed by atoms with E-state index in [1.807, 2.05) is 42.5 Å². The third-order valence-electron chi connectivity index (χ3n) is 9.46. The van der Waals surface area contributed by atoms with Crippen LogP contribution in [-0.2, 0) is 20.1 Å². The molecule has 0 aliphatic heterocycles. The number of thiophene rings is 2. The maximum Gasteiger partial charge on any atom is 0.113 e. The van der Waals surface area contributed by atoms with E-state index in [0.29, 0.717) is 0 Å². The summed E-state index contributed by atoms with van der Waals surface area (Å²) in [5.41, 5.74) is 7.35. The molecule has 0 atom stereocenters. The van der Waals surface area contributed by atoms with Crippen molar-refractivity contribution >= 4 is 87.4 Å². The van der Waals surface area contributed by atoms with Gasteiger partial charge in [0.1, 0.15) is 4.83 Å². The summed E-state index contributed by atoms with van der Waals surface area (Å²) in [5, 5.41) is 6.41. The van der Waals surface area contributed by atoms with Crippen LogP contribution in [0.4, 0.5) is 0 Å². The van der Waals surface area contributed by atoms with Gasteiger partial charge in [0.15, 0.2) is 0 Å². The van der Waals surface area contributed by atoms with Crippen molar-refractivity contribution in [2.45, 2.75) is 26.6 Å². The normalized spacial score (nSPS) is 11.6. The van der Waals surface area contributed by atoms with Crippen LogP contribution in [0.2, 0.25) is 19.6 Å². The summed E-state index contributed by atoms with van der Waals surface area (Å²) < 4.78 is 6.00. The molecule has 0 aliphatic rings. The molecule has 0 amide bonds. The molecule has 4 nitrogen and oxygen atoms in total. The Labute approximate surface area is 331 Å². The zero-order valence-electron chi connectivity index (χ0n) is 29.6. The standard InChI is InChI=1S/C25H16N3S.C20H18NSSi.Ir/c1-16-14-15-19-18-10-7-11-20(23(18)29-25(19)26-16)24-27-21-12-5-6-13-22(21)28(24)17-8-3-2-4-9-17;1-23(2,3)14-11-12-18(21-13-14)17-9-6-8-16-15-7-4-5-10-19(15)22-20(16)17;/h2-10,12-15H,1H3;4-8,10-13H,1-3H3;/q2*-1;. The summed E-state index contributed by atoms with van der Waals surface area (Å²) in [5.74, 6) is 0.909. The van der Waals surface area contributed by atoms with E-state index in [9.17, 15) is 0 Å². The van der Waals surface area contributed by atoms with Crippen LogP contribution in [0.25, 0.3) is 79.8 Å². The molecule has 0 aliphatic carbocycles. The van der Waals surface area contributed by atoms with Gasteiger partial charge in [0.05, 0.1) is 24.9 Å². The monoisotopic (exact) mass is 915 g/mol. The van der Waals surface area contributed by atoms with Crippen LogP contribution in [0.15, 0.2) is 134 Å². The largest absolute Gasteiger partial charge is 0.333 e. The zero-order chi connectivity index (χ0) is 35.4. The molecular formula is C45H34IrN4S2Si-2. The second-order valence-electron chi connectivity index (χ2n) is 14.0. The minimum Gasteiger partial charge on any atom is -0.333 e. The van der Waals surface area contributed by atoms with Gasteiger partial charge in [-0.2, -0.15) is 22.7 Å². The van der Waals surface area contributed by atoms with Crippen LogP contribution >= 0.6 is 22.7 Å². The number of aromatic nitrogens is 4.